The van der Waals surface area contributed by atoms with Crippen molar-refractivity contribution >= 4 is 5.69 Å². The van der Waals surface area contributed by atoms with Gasteiger partial charge in [0.1, 0.15) is 0 Å². The molecule has 1 saturated carbocycles. The second-order valence-corrected chi connectivity index (χ2v) is 4.76. The quantitative estimate of drug-likeness (QED) is 0.797. The molecular weight excluding hydrogens is 214 g/mol. The average Bonchev–Trinajstić information content (AvgIpc) is 2.86. The van der Waals surface area contributed by atoms with Crippen LogP contribution < -0.4 is 5.73 Å². The lowest BCUT2D eigenvalue weighted by molar-refractivity contribution is 0.584. The van der Waals surface area contributed by atoms with E-state index in [1.54, 1.807) is 0 Å². The Hall–Kier alpha value is -1.91. The van der Waals surface area contributed by atoms with Crippen molar-refractivity contribution in [3.8, 4) is 11.4 Å². The van der Waals surface area contributed by atoms with Crippen LogP contribution in [-0.2, 0) is 0 Å². The standard InChI is InChI=1S/C12H15N5/c1-7-4-3-5-9(11(7)13)12-14-15-16-17(12)10-6-8(10)2/h3-5,8,10H,6,13H2,1-2H3/t8-,10+/m1/s1. The van der Waals surface area contributed by atoms with Crippen LogP contribution in [0, 0.1) is 12.8 Å². The Labute approximate surface area is 99.6 Å². The van der Waals surface area contributed by atoms with E-state index >= 15 is 0 Å². The van der Waals surface area contributed by atoms with Gasteiger partial charge in [0.05, 0.1) is 6.04 Å². The number of benzene rings is 1. The number of tetrazole rings is 1. The van der Waals surface area contributed by atoms with Crippen molar-refractivity contribution in [2.45, 2.75) is 26.3 Å². The van der Waals surface area contributed by atoms with Crippen molar-refractivity contribution in [3.05, 3.63) is 23.8 Å². The number of aryl methyl sites for hydroxylation is 1. The van der Waals surface area contributed by atoms with Gasteiger partial charge in [-0.05, 0) is 41.3 Å². The molecule has 2 aromatic rings. The first kappa shape index (κ1) is 10.3. The molecule has 1 fully saturated rings. The van der Waals surface area contributed by atoms with Gasteiger partial charge in [0, 0.05) is 11.3 Å². The number of nitrogens with zero attached hydrogens (tertiary/aromatic N) is 4. The number of hydrogen-bond donors (Lipinski definition) is 1. The third-order valence-corrected chi connectivity index (χ3v) is 3.44. The van der Waals surface area contributed by atoms with Gasteiger partial charge in [0.15, 0.2) is 5.82 Å². The van der Waals surface area contributed by atoms with Gasteiger partial charge in [-0.25, -0.2) is 4.68 Å². The van der Waals surface area contributed by atoms with Crippen molar-refractivity contribution in [2.75, 3.05) is 5.73 Å². The number of para-hydroxylation sites is 1. The second-order valence-electron chi connectivity index (χ2n) is 4.76. The SMILES string of the molecule is Cc1cccc(-c2nnnn2[C@H]2C[C@H]2C)c1N. The highest BCUT2D eigenvalue weighted by molar-refractivity contribution is 5.74. The van der Waals surface area contributed by atoms with Gasteiger partial charge in [-0.2, -0.15) is 0 Å². The molecular formula is C12H15N5. The van der Waals surface area contributed by atoms with Crippen molar-refractivity contribution in [3.63, 3.8) is 0 Å². The van der Waals surface area contributed by atoms with E-state index in [1.165, 1.54) is 0 Å². The fourth-order valence-corrected chi connectivity index (χ4v) is 2.11. The molecule has 0 aliphatic heterocycles. The highest BCUT2D eigenvalue weighted by atomic mass is 15.6. The van der Waals surface area contributed by atoms with E-state index in [-0.39, 0.29) is 0 Å². The van der Waals surface area contributed by atoms with E-state index in [4.69, 9.17) is 5.73 Å². The van der Waals surface area contributed by atoms with Crippen molar-refractivity contribution in [1.82, 2.24) is 20.2 Å². The molecule has 5 heteroatoms. The maximum Gasteiger partial charge on any atom is 0.184 e. The minimum absolute atomic E-state index is 0.430. The number of nitrogens with two attached hydrogens (primary N) is 1. The molecule has 0 unspecified atom stereocenters. The molecule has 2 N–H and O–H groups in total. The minimum atomic E-state index is 0.430. The number of aromatic nitrogens is 4. The van der Waals surface area contributed by atoms with Gasteiger partial charge in [0.25, 0.3) is 0 Å². The Balaban J connectivity index is 2.10. The third-order valence-electron chi connectivity index (χ3n) is 3.44. The number of nitrogen functional groups attached to an aromatic ring is 1. The van der Waals surface area contributed by atoms with Crippen molar-refractivity contribution in [2.24, 2.45) is 5.92 Å². The fraction of sp³-hybridized carbons (Fsp3) is 0.417. The van der Waals surface area contributed by atoms with Crippen LogP contribution >= 0.6 is 0 Å². The predicted molar refractivity (Wildman–Crippen MR) is 65.2 cm³/mol. The Morgan fingerprint density at radius 2 is 2.18 bits per heavy atom. The summed E-state index contributed by atoms with van der Waals surface area (Å²) in [5.74, 6) is 1.43. The summed E-state index contributed by atoms with van der Waals surface area (Å²) in [6, 6.07) is 6.38. The molecule has 2 atom stereocenters. The summed E-state index contributed by atoms with van der Waals surface area (Å²) in [5, 5.41) is 12.0. The summed E-state index contributed by atoms with van der Waals surface area (Å²) in [7, 11) is 0. The van der Waals surface area contributed by atoms with Crippen molar-refractivity contribution < 1.29 is 0 Å². The van der Waals surface area contributed by atoms with Crippen LogP contribution in [0.4, 0.5) is 5.69 Å². The second kappa shape index (κ2) is 3.55. The zero-order valence-corrected chi connectivity index (χ0v) is 9.96. The molecule has 0 radical (unpaired) electrons. The van der Waals surface area contributed by atoms with E-state index < -0.39 is 0 Å². The Morgan fingerprint density at radius 1 is 1.41 bits per heavy atom. The summed E-state index contributed by atoms with van der Waals surface area (Å²) < 4.78 is 1.90. The Morgan fingerprint density at radius 3 is 2.88 bits per heavy atom. The van der Waals surface area contributed by atoms with Gasteiger partial charge >= 0.3 is 0 Å². The zero-order valence-electron chi connectivity index (χ0n) is 9.96. The first-order valence-corrected chi connectivity index (χ1v) is 5.82. The highest BCUT2D eigenvalue weighted by Gasteiger charge is 2.37. The number of rotatable bonds is 2. The molecule has 5 nitrogen and oxygen atoms in total. The maximum atomic E-state index is 6.09. The van der Waals surface area contributed by atoms with Crippen LogP contribution in [-0.4, -0.2) is 20.2 Å². The number of hydrogen-bond acceptors (Lipinski definition) is 4. The molecule has 17 heavy (non-hydrogen) atoms. The predicted octanol–water partition coefficient (Wildman–Crippen LogP) is 1.81. The van der Waals surface area contributed by atoms with E-state index in [1.807, 2.05) is 29.8 Å². The smallest absolute Gasteiger partial charge is 0.184 e. The summed E-state index contributed by atoms with van der Waals surface area (Å²) >= 11 is 0. The summed E-state index contributed by atoms with van der Waals surface area (Å²) in [5.41, 5.74) is 8.83. The summed E-state index contributed by atoms with van der Waals surface area (Å²) in [6.07, 6.45) is 1.14. The lowest BCUT2D eigenvalue weighted by Crippen LogP contribution is -2.03. The molecule has 0 amide bonds. The van der Waals surface area contributed by atoms with Gasteiger partial charge in [-0.3, -0.25) is 0 Å². The molecule has 88 valence electrons. The van der Waals surface area contributed by atoms with Crippen molar-refractivity contribution in [1.29, 1.82) is 0 Å². The van der Waals surface area contributed by atoms with E-state index in [0.717, 1.165) is 29.1 Å². The van der Waals surface area contributed by atoms with Gasteiger partial charge in [-0.1, -0.05) is 19.1 Å². The normalized spacial score (nSPS) is 22.7. The monoisotopic (exact) mass is 229 g/mol. The molecule has 1 aromatic heterocycles. The molecule has 1 heterocycles. The fourth-order valence-electron chi connectivity index (χ4n) is 2.11. The molecule has 1 aromatic carbocycles. The van der Waals surface area contributed by atoms with Gasteiger partial charge < -0.3 is 5.73 Å². The van der Waals surface area contributed by atoms with E-state index in [2.05, 4.69) is 22.4 Å². The van der Waals surface area contributed by atoms with Gasteiger partial charge in [-0.15, -0.1) is 5.10 Å². The van der Waals surface area contributed by atoms with Crippen LogP contribution in [0.15, 0.2) is 18.2 Å². The third kappa shape index (κ3) is 1.58. The topological polar surface area (TPSA) is 69.6 Å². The maximum absolute atomic E-state index is 6.09. The zero-order chi connectivity index (χ0) is 12.0. The Kier molecular flexibility index (Phi) is 2.14. The van der Waals surface area contributed by atoms with Crippen LogP contribution in [0.1, 0.15) is 24.9 Å². The average molecular weight is 229 g/mol. The van der Waals surface area contributed by atoms with E-state index in [9.17, 15) is 0 Å². The highest BCUT2D eigenvalue weighted by Crippen LogP contribution is 2.44. The van der Waals surface area contributed by atoms with Crippen LogP contribution in [0.5, 0.6) is 0 Å². The van der Waals surface area contributed by atoms with E-state index in [0.29, 0.717) is 12.0 Å². The molecule has 0 saturated heterocycles. The summed E-state index contributed by atoms with van der Waals surface area (Å²) in [4.78, 5) is 0. The minimum Gasteiger partial charge on any atom is -0.398 e. The summed E-state index contributed by atoms with van der Waals surface area (Å²) in [6.45, 7) is 4.20. The van der Waals surface area contributed by atoms with Gasteiger partial charge in [0.2, 0.25) is 0 Å². The molecule has 0 spiro atoms. The number of anilines is 1. The molecule has 0 bridgehead atoms. The first-order valence-electron chi connectivity index (χ1n) is 5.82. The first-order chi connectivity index (χ1) is 8.18. The molecule has 3 rings (SSSR count). The van der Waals surface area contributed by atoms with Crippen LogP contribution in [0.25, 0.3) is 11.4 Å². The Bertz CT molecular complexity index is 560. The van der Waals surface area contributed by atoms with Crippen LogP contribution in [0.2, 0.25) is 0 Å². The van der Waals surface area contributed by atoms with Crippen LogP contribution in [0.3, 0.4) is 0 Å². The lowest BCUT2D eigenvalue weighted by Gasteiger charge is -2.08. The largest absolute Gasteiger partial charge is 0.398 e. The lowest BCUT2D eigenvalue weighted by atomic mass is 10.1. The molecule has 1 aliphatic rings. The molecule has 1 aliphatic carbocycles.